The first-order chi connectivity index (χ1) is 8.22. The van der Waals surface area contributed by atoms with E-state index in [2.05, 4.69) is 36.7 Å². The number of ether oxygens (including phenoxy) is 2. The van der Waals surface area contributed by atoms with E-state index in [1.165, 1.54) is 5.52 Å². The lowest BCUT2D eigenvalue weighted by Crippen LogP contribution is -2.09. The Hall–Kier alpha value is -1.48. The Morgan fingerprint density at radius 3 is 2.76 bits per heavy atom. The Kier molecular flexibility index (Phi) is 3.69. The molecule has 1 aromatic carbocycles. The lowest BCUT2D eigenvalue weighted by Gasteiger charge is -2.09. The summed E-state index contributed by atoms with van der Waals surface area (Å²) in [5.74, 6) is 0.922. The molecule has 0 spiro atoms. The van der Waals surface area contributed by atoms with Crippen molar-refractivity contribution >= 4 is 10.9 Å². The van der Waals surface area contributed by atoms with Crippen LogP contribution in [-0.4, -0.2) is 24.4 Å². The lowest BCUT2D eigenvalue weighted by molar-refractivity contribution is 0.0733. The molecule has 0 bridgehead atoms. The van der Waals surface area contributed by atoms with Crippen molar-refractivity contribution in [3.63, 3.8) is 0 Å². The van der Waals surface area contributed by atoms with Gasteiger partial charge in [0, 0.05) is 18.1 Å². The predicted octanol–water partition coefficient (Wildman–Crippen LogP) is 3.07. The second-order valence-corrected chi connectivity index (χ2v) is 4.32. The standard InChI is InChI=1S/C14H19NO2/c1-11(2)17-10-9-15-8-7-12-13(15)5-4-6-14(12)16-3/h4-8,11H,9-10H2,1-3H3. The zero-order chi connectivity index (χ0) is 12.3. The number of hydrogen-bond acceptors (Lipinski definition) is 2. The minimum atomic E-state index is 0.284. The molecule has 0 N–H and O–H groups in total. The Balaban J connectivity index is 2.18. The summed E-state index contributed by atoms with van der Waals surface area (Å²) in [6, 6.07) is 8.19. The molecule has 0 atom stereocenters. The maximum Gasteiger partial charge on any atom is 0.128 e. The fourth-order valence-electron chi connectivity index (χ4n) is 1.95. The maximum atomic E-state index is 5.57. The van der Waals surface area contributed by atoms with Crippen molar-refractivity contribution in [3.8, 4) is 5.75 Å². The molecule has 92 valence electrons. The van der Waals surface area contributed by atoms with Gasteiger partial charge in [0.25, 0.3) is 0 Å². The molecule has 3 heteroatoms. The van der Waals surface area contributed by atoms with Crippen LogP contribution in [-0.2, 0) is 11.3 Å². The zero-order valence-corrected chi connectivity index (χ0v) is 10.6. The summed E-state index contributed by atoms with van der Waals surface area (Å²) < 4.78 is 13.1. The summed E-state index contributed by atoms with van der Waals surface area (Å²) in [7, 11) is 1.70. The van der Waals surface area contributed by atoms with Gasteiger partial charge in [-0.1, -0.05) is 6.07 Å². The van der Waals surface area contributed by atoms with Gasteiger partial charge in [-0.05, 0) is 32.0 Å². The first-order valence-electron chi connectivity index (χ1n) is 5.96. The van der Waals surface area contributed by atoms with Crippen LogP contribution in [0.15, 0.2) is 30.5 Å². The van der Waals surface area contributed by atoms with Gasteiger partial charge in [0.1, 0.15) is 5.75 Å². The van der Waals surface area contributed by atoms with E-state index in [0.29, 0.717) is 0 Å². The van der Waals surface area contributed by atoms with Crippen molar-refractivity contribution in [2.75, 3.05) is 13.7 Å². The third kappa shape index (κ3) is 2.61. The number of hydrogen-bond donors (Lipinski definition) is 0. The Morgan fingerprint density at radius 1 is 1.24 bits per heavy atom. The van der Waals surface area contributed by atoms with Gasteiger partial charge in [-0.2, -0.15) is 0 Å². The van der Waals surface area contributed by atoms with Crippen LogP contribution < -0.4 is 4.74 Å². The highest BCUT2D eigenvalue weighted by atomic mass is 16.5. The van der Waals surface area contributed by atoms with E-state index in [9.17, 15) is 0 Å². The first-order valence-corrected chi connectivity index (χ1v) is 5.96. The van der Waals surface area contributed by atoms with Gasteiger partial charge in [0.05, 0.1) is 25.3 Å². The van der Waals surface area contributed by atoms with Gasteiger partial charge in [0.15, 0.2) is 0 Å². The van der Waals surface area contributed by atoms with Crippen LogP contribution in [0.4, 0.5) is 0 Å². The molecule has 0 unspecified atom stereocenters. The lowest BCUT2D eigenvalue weighted by atomic mass is 10.2. The van der Waals surface area contributed by atoms with E-state index < -0.39 is 0 Å². The van der Waals surface area contributed by atoms with Gasteiger partial charge in [-0.3, -0.25) is 0 Å². The van der Waals surface area contributed by atoms with Crippen LogP contribution >= 0.6 is 0 Å². The SMILES string of the molecule is COc1cccc2c1ccn2CCOC(C)C. The molecular weight excluding hydrogens is 214 g/mol. The molecule has 0 saturated heterocycles. The molecule has 2 rings (SSSR count). The van der Waals surface area contributed by atoms with E-state index in [0.717, 1.165) is 24.3 Å². The Labute approximate surface area is 102 Å². The van der Waals surface area contributed by atoms with E-state index >= 15 is 0 Å². The molecular formula is C14H19NO2. The van der Waals surface area contributed by atoms with Gasteiger partial charge in [-0.25, -0.2) is 0 Å². The average molecular weight is 233 g/mol. The summed E-state index contributed by atoms with van der Waals surface area (Å²) in [5.41, 5.74) is 1.19. The van der Waals surface area contributed by atoms with Gasteiger partial charge >= 0.3 is 0 Å². The van der Waals surface area contributed by atoms with E-state index in [4.69, 9.17) is 9.47 Å². The summed E-state index contributed by atoms with van der Waals surface area (Å²) in [6.45, 7) is 5.71. The number of rotatable bonds is 5. The van der Waals surface area contributed by atoms with Gasteiger partial charge < -0.3 is 14.0 Å². The summed E-state index contributed by atoms with van der Waals surface area (Å²) in [4.78, 5) is 0. The molecule has 3 nitrogen and oxygen atoms in total. The molecule has 17 heavy (non-hydrogen) atoms. The minimum Gasteiger partial charge on any atom is -0.496 e. The number of fused-ring (bicyclic) bond motifs is 1. The average Bonchev–Trinajstić information content (AvgIpc) is 2.72. The van der Waals surface area contributed by atoms with Crippen molar-refractivity contribution in [3.05, 3.63) is 30.5 Å². The van der Waals surface area contributed by atoms with Crippen LogP contribution in [0.25, 0.3) is 10.9 Å². The van der Waals surface area contributed by atoms with Crippen LogP contribution in [0.1, 0.15) is 13.8 Å². The van der Waals surface area contributed by atoms with Gasteiger partial charge in [-0.15, -0.1) is 0 Å². The predicted molar refractivity (Wildman–Crippen MR) is 69.6 cm³/mol. The van der Waals surface area contributed by atoms with Crippen molar-refractivity contribution in [2.45, 2.75) is 26.5 Å². The number of nitrogens with zero attached hydrogens (tertiary/aromatic N) is 1. The quantitative estimate of drug-likeness (QED) is 0.792. The molecule has 2 aromatic rings. The fraction of sp³-hybridized carbons (Fsp3) is 0.429. The molecule has 1 aromatic heterocycles. The first kappa shape index (κ1) is 12.0. The van der Waals surface area contributed by atoms with Crippen molar-refractivity contribution in [1.82, 2.24) is 4.57 Å². The monoisotopic (exact) mass is 233 g/mol. The fourth-order valence-corrected chi connectivity index (χ4v) is 1.95. The minimum absolute atomic E-state index is 0.284. The van der Waals surface area contributed by atoms with Gasteiger partial charge in [0.2, 0.25) is 0 Å². The normalized spacial score (nSPS) is 11.3. The highest BCUT2D eigenvalue weighted by molar-refractivity contribution is 5.86. The molecule has 1 heterocycles. The van der Waals surface area contributed by atoms with Crippen LogP contribution in [0.2, 0.25) is 0 Å². The van der Waals surface area contributed by atoms with Crippen LogP contribution in [0, 0.1) is 0 Å². The third-order valence-corrected chi connectivity index (χ3v) is 2.78. The summed E-state index contributed by atoms with van der Waals surface area (Å²) in [5, 5.41) is 1.15. The molecule has 0 amide bonds. The maximum absolute atomic E-state index is 5.57. The molecule has 0 fully saturated rings. The van der Waals surface area contributed by atoms with Crippen LogP contribution in [0.3, 0.4) is 0 Å². The Morgan fingerprint density at radius 2 is 2.06 bits per heavy atom. The molecule has 0 aliphatic carbocycles. The third-order valence-electron chi connectivity index (χ3n) is 2.78. The Bertz CT molecular complexity index is 488. The second-order valence-electron chi connectivity index (χ2n) is 4.32. The second kappa shape index (κ2) is 5.23. The number of benzene rings is 1. The highest BCUT2D eigenvalue weighted by Crippen LogP contribution is 2.26. The number of methoxy groups -OCH3 is 1. The summed E-state index contributed by atoms with van der Waals surface area (Å²) in [6.07, 6.45) is 2.36. The van der Waals surface area contributed by atoms with Crippen molar-refractivity contribution in [2.24, 2.45) is 0 Å². The van der Waals surface area contributed by atoms with E-state index in [1.54, 1.807) is 7.11 Å². The van der Waals surface area contributed by atoms with Crippen molar-refractivity contribution in [1.29, 1.82) is 0 Å². The number of aromatic nitrogens is 1. The molecule has 0 saturated carbocycles. The zero-order valence-electron chi connectivity index (χ0n) is 10.6. The molecule has 0 radical (unpaired) electrons. The van der Waals surface area contributed by atoms with E-state index in [1.807, 2.05) is 12.1 Å². The van der Waals surface area contributed by atoms with Crippen molar-refractivity contribution < 1.29 is 9.47 Å². The summed E-state index contributed by atoms with van der Waals surface area (Å²) >= 11 is 0. The molecule has 0 aliphatic heterocycles. The molecule has 0 aliphatic rings. The van der Waals surface area contributed by atoms with Crippen LogP contribution in [0.5, 0.6) is 5.75 Å². The highest BCUT2D eigenvalue weighted by Gasteiger charge is 2.05. The smallest absolute Gasteiger partial charge is 0.128 e. The van der Waals surface area contributed by atoms with E-state index in [-0.39, 0.29) is 6.10 Å². The largest absolute Gasteiger partial charge is 0.496 e. The topological polar surface area (TPSA) is 23.4 Å².